The van der Waals surface area contributed by atoms with E-state index < -0.39 is 0 Å². The zero-order valence-corrected chi connectivity index (χ0v) is 9.94. The van der Waals surface area contributed by atoms with Crippen molar-refractivity contribution in [1.82, 2.24) is 0 Å². The summed E-state index contributed by atoms with van der Waals surface area (Å²) < 4.78 is 5.03. The molecule has 82 valence electrons. The molecular formula is C10H12ClNO2S. The molecule has 0 fully saturated rings. The van der Waals surface area contributed by atoms with E-state index in [9.17, 15) is 4.79 Å². The number of thiol groups is 1. The summed E-state index contributed by atoms with van der Waals surface area (Å²) in [5.41, 5.74) is 0.558. The predicted octanol–water partition coefficient (Wildman–Crippen LogP) is 2.61. The average Bonchev–Trinajstić information content (AvgIpc) is 2.21. The van der Waals surface area contributed by atoms with Gasteiger partial charge in [-0.3, -0.25) is 4.79 Å². The second-order valence-electron chi connectivity index (χ2n) is 2.87. The Morgan fingerprint density at radius 3 is 2.93 bits per heavy atom. The minimum atomic E-state index is -0.111. The molecule has 0 spiro atoms. The number of hydrogen-bond acceptors (Lipinski definition) is 3. The second kappa shape index (κ2) is 5.88. The van der Waals surface area contributed by atoms with E-state index in [0.29, 0.717) is 28.6 Å². The van der Waals surface area contributed by atoms with E-state index in [4.69, 9.17) is 16.3 Å². The van der Waals surface area contributed by atoms with Crippen LogP contribution in [0.15, 0.2) is 18.2 Å². The summed E-state index contributed by atoms with van der Waals surface area (Å²) >= 11 is 9.88. The molecule has 1 amide bonds. The maximum absolute atomic E-state index is 11.3. The first-order valence-corrected chi connectivity index (χ1v) is 5.42. The molecule has 1 rings (SSSR count). The number of methoxy groups -OCH3 is 1. The molecule has 1 aromatic carbocycles. The van der Waals surface area contributed by atoms with Crippen molar-refractivity contribution in [2.75, 3.05) is 18.2 Å². The normalized spacial score (nSPS) is 9.80. The number of benzene rings is 1. The Morgan fingerprint density at radius 1 is 1.60 bits per heavy atom. The predicted molar refractivity (Wildman–Crippen MR) is 65.1 cm³/mol. The average molecular weight is 246 g/mol. The number of rotatable bonds is 4. The van der Waals surface area contributed by atoms with Crippen molar-refractivity contribution in [3.05, 3.63) is 23.2 Å². The molecule has 5 heteroatoms. The summed E-state index contributed by atoms with van der Waals surface area (Å²) in [7, 11) is 1.56. The van der Waals surface area contributed by atoms with E-state index in [-0.39, 0.29) is 5.91 Å². The van der Waals surface area contributed by atoms with Gasteiger partial charge < -0.3 is 10.1 Å². The van der Waals surface area contributed by atoms with Crippen LogP contribution >= 0.6 is 24.2 Å². The van der Waals surface area contributed by atoms with Gasteiger partial charge in [0.05, 0.1) is 17.8 Å². The van der Waals surface area contributed by atoms with Crippen molar-refractivity contribution in [3.63, 3.8) is 0 Å². The maximum atomic E-state index is 11.3. The fourth-order valence-corrected chi connectivity index (χ4v) is 1.41. The van der Waals surface area contributed by atoms with Gasteiger partial charge in [-0.1, -0.05) is 11.6 Å². The van der Waals surface area contributed by atoms with Crippen molar-refractivity contribution < 1.29 is 9.53 Å². The number of nitrogens with one attached hydrogen (secondary N) is 1. The van der Waals surface area contributed by atoms with E-state index in [1.165, 1.54) is 0 Å². The molecule has 0 aliphatic rings. The summed E-state index contributed by atoms with van der Waals surface area (Å²) in [4.78, 5) is 11.3. The summed E-state index contributed by atoms with van der Waals surface area (Å²) in [5.74, 6) is 1.05. The van der Waals surface area contributed by atoms with Crippen LogP contribution in [0.5, 0.6) is 5.75 Å². The lowest BCUT2D eigenvalue weighted by Crippen LogP contribution is -2.12. The number of hydrogen-bond donors (Lipinski definition) is 2. The minimum absolute atomic E-state index is 0.111. The number of carbonyl (C=O) groups is 1. The Balaban J connectivity index is 2.79. The molecule has 0 atom stereocenters. The number of ether oxygens (including phenoxy) is 1. The highest BCUT2D eigenvalue weighted by molar-refractivity contribution is 7.80. The van der Waals surface area contributed by atoms with Crippen molar-refractivity contribution in [3.8, 4) is 5.75 Å². The highest BCUT2D eigenvalue weighted by atomic mass is 35.5. The smallest absolute Gasteiger partial charge is 0.225 e. The fraction of sp³-hybridized carbons (Fsp3) is 0.300. The SMILES string of the molecule is COc1ccc(Cl)c(NC(=O)CCS)c1. The zero-order valence-electron chi connectivity index (χ0n) is 8.29. The van der Waals surface area contributed by atoms with Gasteiger partial charge in [-0.05, 0) is 17.9 Å². The van der Waals surface area contributed by atoms with E-state index >= 15 is 0 Å². The molecule has 0 aromatic heterocycles. The quantitative estimate of drug-likeness (QED) is 0.801. The van der Waals surface area contributed by atoms with Crippen molar-refractivity contribution in [2.45, 2.75) is 6.42 Å². The first-order chi connectivity index (χ1) is 7.17. The summed E-state index contributed by atoms with van der Waals surface area (Å²) in [5, 5.41) is 3.18. The number of anilines is 1. The van der Waals surface area contributed by atoms with Crippen LogP contribution in [-0.2, 0) is 4.79 Å². The molecule has 0 saturated heterocycles. The lowest BCUT2D eigenvalue weighted by atomic mass is 10.3. The van der Waals surface area contributed by atoms with Crippen LogP contribution in [0.25, 0.3) is 0 Å². The van der Waals surface area contributed by atoms with Crippen molar-refractivity contribution in [1.29, 1.82) is 0 Å². The number of halogens is 1. The molecule has 15 heavy (non-hydrogen) atoms. The van der Waals surface area contributed by atoms with E-state index in [1.54, 1.807) is 25.3 Å². The Hall–Kier alpha value is -0.870. The Kier molecular flexibility index (Phi) is 4.78. The topological polar surface area (TPSA) is 38.3 Å². The molecule has 0 bridgehead atoms. The Labute approximate surface area is 99.2 Å². The van der Waals surface area contributed by atoms with Gasteiger partial charge in [-0.15, -0.1) is 0 Å². The molecule has 0 unspecified atom stereocenters. The molecule has 3 nitrogen and oxygen atoms in total. The Morgan fingerprint density at radius 2 is 2.33 bits per heavy atom. The van der Waals surface area contributed by atoms with Crippen LogP contribution in [-0.4, -0.2) is 18.8 Å². The van der Waals surface area contributed by atoms with Crippen LogP contribution in [0.3, 0.4) is 0 Å². The molecule has 1 N–H and O–H groups in total. The summed E-state index contributed by atoms with van der Waals surface area (Å²) in [6.07, 6.45) is 0.358. The number of carbonyl (C=O) groups excluding carboxylic acids is 1. The minimum Gasteiger partial charge on any atom is -0.497 e. The second-order valence-corrected chi connectivity index (χ2v) is 3.72. The molecule has 0 heterocycles. The third kappa shape index (κ3) is 3.64. The molecule has 1 aromatic rings. The third-order valence-electron chi connectivity index (χ3n) is 1.79. The molecule has 0 radical (unpaired) electrons. The standard InChI is InChI=1S/C10H12ClNO2S/c1-14-7-2-3-8(11)9(6-7)12-10(13)4-5-15/h2-3,6,15H,4-5H2,1H3,(H,12,13). The van der Waals surface area contributed by atoms with Gasteiger partial charge in [-0.25, -0.2) is 0 Å². The van der Waals surface area contributed by atoms with Gasteiger partial charge in [-0.2, -0.15) is 12.6 Å². The first kappa shape index (κ1) is 12.2. The van der Waals surface area contributed by atoms with Gasteiger partial charge in [0, 0.05) is 12.5 Å². The van der Waals surface area contributed by atoms with Gasteiger partial charge >= 0.3 is 0 Å². The molecule has 0 saturated carbocycles. The molecular weight excluding hydrogens is 234 g/mol. The first-order valence-electron chi connectivity index (χ1n) is 4.41. The van der Waals surface area contributed by atoms with Gasteiger partial charge in [0.2, 0.25) is 5.91 Å². The van der Waals surface area contributed by atoms with Crippen LogP contribution in [0.1, 0.15) is 6.42 Å². The van der Waals surface area contributed by atoms with Crippen LogP contribution in [0.2, 0.25) is 5.02 Å². The maximum Gasteiger partial charge on any atom is 0.225 e. The summed E-state index contributed by atoms with van der Waals surface area (Å²) in [6, 6.07) is 5.09. The van der Waals surface area contributed by atoms with E-state index in [1.807, 2.05) is 0 Å². The highest BCUT2D eigenvalue weighted by Crippen LogP contribution is 2.26. The third-order valence-corrected chi connectivity index (χ3v) is 2.34. The van der Waals surface area contributed by atoms with Crippen LogP contribution in [0, 0.1) is 0 Å². The zero-order chi connectivity index (χ0) is 11.3. The largest absolute Gasteiger partial charge is 0.497 e. The van der Waals surface area contributed by atoms with E-state index in [0.717, 1.165) is 0 Å². The summed E-state index contributed by atoms with van der Waals surface area (Å²) in [6.45, 7) is 0. The van der Waals surface area contributed by atoms with Crippen LogP contribution < -0.4 is 10.1 Å². The lowest BCUT2D eigenvalue weighted by molar-refractivity contribution is -0.115. The van der Waals surface area contributed by atoms with Crippen molar-refractivity contribution in [2.24, 2.45) is 0 Å². The van der Waals surface area contributed by atoms with Gasteiger partial charge in [0.15, 0.2) is 0 Å². The lowest BCUT2D eigenvalue weighted by Gasteiger charge is -2.08. The fourth-order valence-electron chi connectivity index (χ4n) is 1.04. The monoisotopic (exact) mass is 245 g/mol. The van der Waals surface area contributed by atoms with Crippen LogP contribution in [0.4, 0.5) is 5.69 Å². The molecule has 0 aliphatic heterocycles. The van der Waals surface area contributed by atoms with Gasteiger partial charge in [0.1, 0.15) is 5.75 Å². The Bertz CT molecular complexity index is 357. The van der Waals surface area contributed by atoms with E-state index in [2.05, 4.69) is 17.9 Å². The van der Waals surface area contributed by atoms with Crippen molar-refractivity contribution >= 4 is 35.8 Å². The van der Waals surface area contributed by atoms with Gasteiger partial charge in [0.25, 0.3) is 0 Å². The molecule has 0 aliphatic carbocycles. The highest BCUT2D eigenvalue weighted by Gasteiger charge is 2.06. The number of amides is 1.